The number of likely N-dealkylation sites (N-methyl/N-ethyl adjacent to an activating group) is 1. The van der Waals surface area contributed by atoms with Crippen LogP contribution in [0.5, 0.6) is 5.88 Å². The van der Waals surface area contributed by atoms with Gasteiger partial charge in [0.15, 0.2) is 0 Å². The van der Waals surface area contributed by atoms with Gasteiger partial charge in [0, 0.05) is 26.2 Å². The van der Waals surface area contributed by atoms with Crippen molar-refractivity contribution in [2.24, 2.45) is 0 Å². The van der Waals surface area contributed by atoms with E-state index in [0.29, 0.717) is 25.6 Å². The van der Waals surface area contributed by atoms with Crippen LogP contribution in [0.25, 0.3) is 0 Å². The third kappa shape index (κ3) is 3.46. The second-order valence-electron chi connectivity index (χ2n) is 5.40. The molecular formula is C16H19N3O3. The summed E-state index contributed by atoms with van der Waals surface area (Å²) in [5.74, 6) is 0.434. The van der Waals surface area contributed by atoms with E-state index >= 15 is 0 Å². The lowest BCUT2D eigenvalue weighted by Gasteiger charge is -2.31. The van der Waals surface area contributed by atoms with Gasteiger partial charge in [-0.1, -0.05) is 30.3 Å². The van der Waals surface area contributed by atoms with Gasteiger partial charge in [-0.15, -0.1) is 0 Å². The maximum Gasteiger partial charge on any atom is 0.292 e. The Morgan fingerprint density at radius 2 is 1.95 bits per heavy atom. The van der Waals surface area contributed by atoms with Crippen molar-refractivity contribution in [3.05, 3.63) is 47.7 Å². The Morgan fingerprint density at radius 1 is 1.23 bits per heavy atom. The van der Waals surface area contributed by atoms with E-state index in [1.54, 1.807) is 11.0 Å². The van der Waals surface area contributed by atoms with Gasteiger partial charge >= 0.3 is 0 Å². The van der Waals surface area contributed by atoms with Crippen molar-refractivity contribution in [3.63, 3.8) is 0 Å². The molecule has 2 heterocycles. The number of benzene rings is 1. The summed E-state index contributed by atoms with van der Waals surface area (Å²) in [6.45, 7) is 3.55. The SMILES string of the molecule is CN1CCN(C(=O)c2cc(OCc3ccccc3)no2)CC1. The molecule has 22 heavy (non-hydrogen) atoms. The van der Waals surface area contributed by atoms with Gasteiger partial charge in [0.05, 0.1) is 6.07 Å². The molecule has 0 N–H and O–H groups in total. The van der Waals surface area contributed by atoms with Crippen molar-refractivity contribution in [3.8, 4) is 5.88 Å². The zero-order valence-corrected chi connectivity index (χ0v) is 12.6. The summed E-state index contributed by atoms with van der Waals surface area (Å²) >= 11 is 0. The molecule has 1 saturated heterocycles. The topological polar surface area (TPSA) is 58.8 Å². The van der Waals surface area contributed by atoms with E-state index in [4.69, 9.17) is 9.26 Å². The lowest BCUT2D eigenvalue weighted by molar-refractivity contribution is 0.0622. The number of rotatable bonds is 4. The molecule has 2 aromatic rings. The van der Waals surface area contributed by atoms with Crippen LogP contribution in [-0.2, 0) is 6.61 Å². The average molecular weight is 301 g/mol. The monoisotopic (exact) mass is 301 g/mol. The fourth-order valence-corrected chi connectivity index (χ4v) is 2.32. The van der Waals surface area contributed by atoms with Crippen LogP contribution in [0.4, 0.5) is 0 Å². The highest BCUT2D eigenvalue weighted by atomic mass is 16.5. The molecule has 0 aliphatic carbocycles. The Kier molecular flexibility index (Phi) is 4.39. The number of carbonyl (C=O) groups is 1. The van der Waals surface area contributed by atoms with E-state index in [1.165, 1.54) is 0 Å². The van der Waals surface area contributed by atoms with Crippen LogP contribution in [-0.4, -0.2) is 54.1 Å². The summed E-state index contributed by atoms with van der Waals surface area (Å²) in [4.78, 5) is 16.3. The molecule has 0 atom stereocenters. The second-order valence-corrected chi connectivity index (χ2v) is 5.40. The molecule has 0 unspecified atom stereocenters. The zero-order chi connectivity index (χ0) is 15.4. The van der Waals surface area contributed by atoms with Gasteiger partial charge in [-0.05, 0) is 17.8 Å². The third-order valence-electron chi connectivity index (χ3n) is 3.72. The first-order chi connectivity index (χ1) is 10.7. The number of carbonyl (C=O) groups excluding carboxylic acids is 1. The molecule has 0 radical (unpaired) electrons. The molecular weight excluding hydrogens is 282 g/mol. The number of hydrogen-bond acceptors (Lipinski definition) is 5. The molecule has 1 aromatic carbocycles. The Labute approximate surface area is 129 Å². The summed E-state index contributed by atoms with van der Waals surface area (Å²) in [6, 6.07) is 11.3. The maximum atomic E-state index is 12.3. The molecule has 1 aliphatic rings. The van der Waals surface area contributed by atoms with Crippen molar-refractivity contribution in [1.82, 2.24) is 15.0 Å². The number of ether oxygens (including phenoxy) is 1. The third-order valence-corrected chi connectivity index (χ3v) is 3.72. The van der Waals surface area contributed by atoms with E-state index in [-0.39, 0.29) is 11.7 Å². The second kappa shape index (κ2) is 6.62. The molecule has 1 fully saturated rings. The van der Waals surface area contributed by atoms with Gasteiger partial charge in [-0.25, -0.2) is 0 Å². The van der Waals surface area contributed by atoms with Crippen molar-refractivity contribution in [2.45, 2.75) is 6.61 Å². The van der Waals surface area contributed by atoms with Crippen molar-refractivity contribution < 1.29 is 14.1 Å². The fraction of sp³-hybridized carbons (Fsp3) is 0.375. The fourth-order valence-electron chi connectivity index (χ4n) is 2.32. The predicted octanol–water partition coefficient (Wildman–Crippen LogP) is 1.64. The van der Waals surface area contributed by atoms with Gasteiger partial charge in [0.25, 0.3) is 11.8 Å². The summed E-state index contributed by atoms with van der Waals surface area (Å²) in [5.41, 5.74) is 1.04. The molecule has 1 amide bonds. The Bertz CT molecular complexity index is 619. The van der Waals surface area contributed by atoms with Crippen LogP contribution in [0.2, 0.25) is 0 Å². The van der Waals surface area contributed by atoms with Crippen LogP contribution < -0.4 is 4.74 Å². The molecule has 3 rings (SSSR count). The molecule has 0 bridgehead atoms. The Morgan fingerprint density at radius 3 is 2.68 bits per heavy atom. The van der Waals surface area contributed by atoms with Gasteiger partial charge in [0.1, 0.15) is 6.61 Å². The van der Waals surface area contributed by atoms with Crippen LogP contribution in [0.15, 0.2) is 40.9 Å². The highest BCUT2D eigenvalue weighted by Gasteiger charge is 2.24. The summed E-state index contributed by atoms with van der Waals surface area (Å²) in [7, 11) is 2.05. The van der Waals surface area contributed by atoms with E-state index in [2.05, 4.69) is 10.1 Å². The number of amides is 1. The first-order valence-electron chi connectivity index (χ1n) is 7.33. The molecule has 6 heteroatoms. The van der Waals surface area contributed by atoms with Crippen molar-refractivity contribution in [1.29, 1.82) is 0 Å². The van der Waals surface area contributed by atoms with Crippen molar-refractivity contribution >= 4 is 5.91 Å². The predicted molar refractivity (Wildman–Crippen MR) is 80.7 cm³/mol. The first-order valence-corrected chi connectivity index (χ1v) is 7.33. The Balaban J connectivity index is 1.57. The first kappa shape index (κ1) is 14.6. The molecule has 6 nitrogen and oxygen atoms in total. The van der Waals surface area contributed by atoms with Gasteiger partial charge < -0.3 is 19.1 Å². The molecule has 0 saturated carbocycles. The average Bonchev–Trinajstić information content (AvgIpc) is 3.03. The van der Waals surface area contributed by atoms with E-state index < -0.39 is 0 Å². The van der Waals surface area contributed by atoms with E-state index in [9.17, 15) is 4.79 Å². The largest absolute Gasteiger partial charge is 0.471 e. The Hall–Kier alpha value is -2.34. The van der Waals surface area contributed by atoms with Crippen molar-refractivity contribution in [2.75, 3.05) is 33.2 Å². The summed E-state index contributed by atoms with van der Waals surface area (Å²) in [6.07, 6.45) is 0. The zero-order valence-electron chi connectivity index (χ0n) is 12.6. The minimum Gasteiger partial charge on any atom is -0.471 e. The highest BCUT2D eigenvalue weighted by Crippen LogP contribution is 2.16. The number of nitrogens with zero attached hydrogens (tertiary/aromatic N) is 3. The van der Waals surface area contributed by atoms with Gasteiger partial charge in [-0.2, -0.15) is 0 Å². The molecule has 1 aliphatic heterocycles. The van der Waals surface area contributed by atoms with E-state index in [1.807, 2.05) is 37.4 Å². The van der Waals surface area contributed by atoms with Crippen LogP contribution in [0, 0.1) is 0 Å². The quantitative estimate of drug-likeness (QED) is 0.859. The normalized spacial score (nSPS) is 15.8. The smallest absolute Gasteiger partial charge is 0.292 e. The molecule has 0 spiro atoms. The summed E-state index contributed by atoms with van der Waals surface area (Å²) in [5, 5.41) is 3.81. The number of hydrogen-bond donors (Lipinski definition) is 0. The molecule has 1 aromatic heterocycles. The van der Waals surface area contributed by atoms with Crippen LogP contribution in [0.3, 0.4) is 0 Å². The number of piperazine rings is 1. The minimum absolute atomic E-state index is 0.129. The maximum absolute atomic E-state index is 12.3. The standard InChI is InChI=1S/C16H19N3O3/c1-18-7-9-19(10-8-18)16(20)14-11-15(17-22-14)21-12-13-5-3-2-4-6-13/h2-6,11H,7-10,12H2,1H3. The minimum atomic E-state index is -0.129. The number of aromatic nitrogens is 1. The lowest BCUT2D eigenvalue weighted by Crippen LogP contribution is -2.47. The van der Waals surface area contributed by atoms with Crippen LogP contribution >= 0.6 is 0 Å². The van der Waals surface area contributed by atoms with Gasteiger partial charge in [0.2, 0.25) is 5.76 Å². The molecule has 116 valence electrons. The van der Waals surface area contributed by atoms with E-state index in [0.717, 1.165) is 18.7 Å². The lowest BCUT2D eigenvalue weighted by atomic mass is 10.2. The van der Waals surface area contributed by atoms with Crippen LogP contribution in [0.1, 0.15) is 16.1 Å². The highest BCUT2D eigenvalue weighted by molar-refractivity contribution is 5.91. The summed E-state index contributed by atoms with van der Waals surface area (Å²) < 4.78 is 10.7. The van der Waals surface area contributed by atoms with Gasteiger partial charge in [-0.3, -0.25) is 4.79 Å².